The van der Waals surface area contributed by atoms with E-state index in [4.69, 9.17) is 4.74 Å². The molecule has 1 aliphatic rings. The first kappa shape index (κ1) is 20.0. The largest absolute Gasteiger partial charge is 0.490 e. The molecule has 2 aromatic rings. The smallest absolute Gasteiger partial charge is 0.241 e. The molecule has 0 unspecified atom stereocenters. The maximum Gasteiger partial charge on any atom is 0.241 e. The Morgan fingerprint density at radius 2 is 1.64 bits per heavy atom. The van der Waals surface area contributed by atoms with Crippen LogP contribution < -0.4 is 14.8 Å². The normalized spacial score (nSPS) is 15.1. The Kier molecular flexibility index (Phi) is 6.41. The molecule has 1 saturated heterocycles. The number of para-hydroxylation sites is 1. The minimum Gasteiger partial charge on any atom is -0.490 e. The zero-order valence-corrected chi connectivity index (χ0v) is 16.6. The van der Waals surface area contributed by atoms with Crippen LogP contribution in [0, 0.1) is 0 Å². The van der Waals surface area contributed by atoms with Crippen LogP contribution in [0.15, 0.2) is 54.6 Å². The van der Waals surface area contributed by atoms with Crippen molar-refractivity contribution in [3.8, 4) is 5.75 Å². The van der Waals surface area contributed by atoms with E-state index in [0.29, 0.717) is 18.8 Å². The van der Waals surface area contributed by atoms with Crippen LogP contribution in [-0.2, 0) is 14.8 Å². The molecule has 1 amide bonds. The third-order valence-corrected chi connectivity index (χ3v) is 5.08. The van der Waals surface area contributed by atoms with E-state index in [1.54, 1.807) is 24.3 Å². The van der Waals surface area contributed by atoms with Crippen molar-refractivity contribution in [1.82, 2.24) is 4.90 Å². The van der Waals surface area contributed by atoms with E-state index in [2.05, 4.69) is 10.0 Å². The summed E-state index contributed by atoms with van der Waals surface area (Å²) in [6.07, 6.45) is 2.86. The summed E-state index contributed by atoms with van der Waals surface area (Å²) >= 11 is 0. The molecule has 0 bridgehead atoms. The van der Waals surface area contributed by atoms with Crippen LogP contribution in [0.2, 0.25) is 0 Å². The highest BCUT2D eigenvalue weighted by Gasteiger charge is 2.23. The molecule has 1 heterocycles. The molecule has 28 heavy (non-hydrogen) atoms. The van der Waals surface area contributed by atoms with E-state index in [-0.39, 0.29) is 18.6 Å². The van der Waals surface area contributed by atoms with Crippen LogP contribution in [0.5, 0.6) is 5.75 Å². The van der Waals surface area contributed by atoms with Crippen molar-refractivity contribution in [3.63, 3.8) is 0 Å². The molecule has 0 radical (unpaired) electrons. The number of hydrogen-bond donors (Lipinski definition) is 2. The van der Waals surface area contributed by atoms with Crippen molar-refractivity contribution in [2.75, 3.05) is 35.9 Å². The Hall–Kier alpha value is -2.74. The monoisotopic (exact) mass is 403 g/mol. The summed E-state index contributed by atoms with van der Waals surface area (Å²) in [5.41, 5.74) is 1.24. The Morgan fingerprint density at radius 3 is 2.25 bits per heavy atom. The molecule has 0 aromatic heterocycles. The second-order valence-corrected chi connectivity index (χ2v) is 8.56. The number of amides is 1. The van der Waals surface area contributed by atoms with Gasteiger partial charge in [0.25, 0.3) is 0 Å². The van der Waals surface area contributed by atoms with Gasteiger partial charge in [0.15, 0.2) is 0 Å². The summed E-state index contributed by atoms with van der Waals surface area (Å²) in [4.78, 5) is 14.3. The highest BCUT2D eigenvalue weighted by molar-refractivity contribution is 7.92. The third-order valence-electron chi connectivity index (χ3n) is 4.47. The molecule has 0 spiro atoms. The van der Waals surface area contributed by atoms with E-state index in [1.165, 1.54) is 0 Å². The van der Waals surface area contributed by atoms with Crippen LogP contribution >= 0.6 is 0 Å². The lowest BCUT2D eigenvalue weighted by atomic mass is 10.1. The summed E-state index contributed by atoms with van der Waals surface area (Å²) in [6.45, 7) is 1.55. The number of sulfonamides is 1. The summed E-state index contributed by atoms with van der Waals surface area (Å²) in [7, 11) is -3.30. The number of carbonyl (C=O) groups excluding carboxylic acids is 1. The fourth-order valence-corrected chi connectivity index (χ4v) is 3.64. The number of hydrogen-bond acceptors (Lipinski definition) is 5. The van der Waals surface area contributed by atoms with Gasteiger partial charge in [-0.2, -0.15) is 0 Å². The van der Waals surface area contributed by atoms with Crippen molar-refractivity contribution in [2.45, 2.75) is 18.9 Å². The van der Waals surface area contributed by atoms with Crippen molar-refractivity contribution >= 4 is 27.3 Å². The second-order valence-electron chi connectivity index (χ2n) is 6.82. The molecule has 0 aliphatic carbocycles. The lowest BCUT2D eigenvalue weighted by molar-refractivity contribution is -0.131. The van der Waals surface area contributed by atoms with Gasteiger partial charge in [-0.05, 0) is 36.4 Å². The number of nitrogens with one attached hydrogen (secondary N) is 2. The Morgan fingerprint density at radius 1 is 1.04 bits per heavy atom. The standard InChI is InChI=1S/C20H25N3O4S/c1-28(25,26)22-17-9-7-16(8-10-17)21-15-20(24)23-13-11-19(12-14-23)27-18-5-3-2-4-6-18/h2-10,19,21-22H,11-15H2,1H3. The molecule has 3 rings (SSSR count). The van der Waals surface area contributed by atoms with E-state index in [0.717, 1.165) is 30.5 Å². The molecule has 8 heteroatoms. The van der Waals surface area contributed by atoms with Gasteiger partial charge in [0.05, 0.1) is 12.8 Å². The minimum absolute atomic E-state index is 0.0384. The molecule has 2 N–H and O–H groups in total. The van der Waals surface area contributed by atoms with Crippen LogP contribution in [0.3, 0.4) is 0 Å². The van der Waals surface area contributed by atoms with Gasteiger partial charge in [-0.1, -0.05) is 18.2 Å². The first-order valence-electron chi connectivity index (χ1n) is 9.20. The number of rotatable bonds is 7. The zero-order chi connectivity index (χ0) is 20.0. The van der Waals surface area contributed by atoms with Crippen LogP contribution in [0.25, 0.3) is 0 Å². The van der Waals surface area contributed by atoms with Gasteiger partial charge in [-0.15, -0.1) is 0 Å². The van der Waals surface area contributed by atoms with Crippen LogP contribution in [0.4, 0.5) is 11.4 Å². The van der Waals surface area contributed by atoms with Crippen LogP contribution in [0.1, 0.15) is 12.8 Å². The predicted molar refractivity (Wildman–Crippen MR) is 110 cm³/mol. The Balaban J connectivity index is 1.42. The molecule has 2 aromatic carbocycles. The molecule has 1 aliphatic heterocycles. The number of nitrogens with zero attached hydrogens (tertiary/aromatic N) is 1. The van der Waals surface area contributed by atoms with Gasteiger partial charge in [-0.3, -0.25) is 9.52 Å². The minimum atomic E-state index is -3.30. The fraction of sp³-hybridized carbons (Fsp3) is 0.350. The molecule has 0 atom stereocenters. The predicted octanol–water partition coefficient (Wildman–Crippen LogP) is 2.54. The number of benzene rings is 2. The lowest BCUT2D eigenvalue weighted by Crippen LogP contribution is -2.44. The number of carbonyl (C=O) groups is 1. The number of piperidine rings is 1. The number of anilines is 2. The highest BCUT2D eigenvalue weighted by atomic mass is 32.2. The summed E-state index contributed by atoms with van der Waals surface area (Å²) in [5.74, 6) is 0.902. The van der Waals surface area contributed by atoms with Crippen molar-refractivity contribution in [1.29, 1.82) is 0 Å². The van der Waals surface area contributed by atoms with Crippen molar-refractivity contribution in [3.05, 3.63) is 54.6 Å². The molecular formula is C20H25N3O4S. The molecule has 7 nitrogen and oxygen atoms in total. The summed E-state index contributed by atoms with van der Waals surface area (Å²) in [5, 5.41) is 3.08. The second kappa shape index (κ2) is 8.97. The average molecular weight is 404 g/mol. The van der Waals surface area contributed by atoms with E-state index in [9.17, 15) is 13.2 Å². The van der Waals surface area contributed by atoms with Gasteiger partial charge >= 0.3 is 0 Å². The Bertz CT molecular complexity index is 877. The van der Waals surface area contributed by atoms with Gasteiger partial charge in [0.1, 0.15) is 11.9 Å². The highest BCUT2D eigenvalue weighted by Crippen LogP contribution is 2.19. The van der Waals surface area contributed by atoms with Crippen molar-refractivity contribution in [2.24, 2.45) is 0 Å². The van der Waals surface area contributed by atoms with Crippen LogP contribution in [-0.4, -0.2) is 51.2 Å². The van der Waals surface area contributed by atoms with Gasteiger partial charge in [0.2, 0.25) is 15.9 Å². The van der Waals surface area contributed by atoms with Gasteiger partial charge < -0.3 is 15.0 Å². The zero-order valence-electron chi connectivity index (χ0n) is 15.8. The SMILES string of the molecule is CS(=O)(=O)Nc1ccc(NCC(=O)N2CCC(Oc3ccccc3)CC2)cc1. The topological polar surface area (TPSA) is 87.7 Å². The Labute approximate surface area is 165 Å². The van der Waals surface area contributed by atoms with Crippen molar-refractivity contribution < 1.29 is 17.9 Å². The van der Waals surface area contributed by atoms with Gasteiger partial charge in [-0.25, -0.2) is 8.42 Å². The van der Waals surface area contributed by atoms with E-state index in [1.807, 2.05) is 35.2 Å². The summed E-state index contributed by atoms with van der Waals surface area (Å²) < 4.78 is 30.8. The molecule has 1 fully saturated rings. The van der Waals surface area contributed by atoms with E-state index < -0.39 is 10.0 Å². The third kappa shape index (κ3) is 6.16. The van der Waals surface area contributed by atoms with E-state index >= 15 is 0 Å². The van der Waals surface area contributed by atoms with Gasteiger partial charge in [0, 0.05) is 37.3 Å². The molecular weight excluding hydrogens is 378 g/mol. The average Bonchev–Trinajstić information content (AvgIpc) is 2.67. The molecule has 0 saturated carbocycles. The fourth-order valence-electron chi connectivity index (χ4n) is 3.07. The summed E-state index contributed by atoms with van der Waals surface area (Å²) in [6, 6.07) is 16.5. The lowest BCUT2D eigenvalue weighted by Gasteiger charge is -2.32. The maximum absolute atomic E-state index is 12.4. The first-order valence-corrected chi connectivity index (χ1v) is 11.1. The molecule has 150 valence electrons. The number of ether oxygens (including phenoxy) is 1. The first-order chi connectivity index (χ1) is 13.4. The number of likely N-dealkylation sites (tertiary alicyclic amines) is 1. The quantitative estimate of drug-likeness (QED) is 0.742. The maximum atomic E-state index is 12.4.